The van der Waals surface area contributed by atoms with E-state index in [0.717, 1.165) is 31.6 Å². The predicted molar refractivity (Wildman–Crippen MR) is 87.9 cm³/mol. The Labute approximate surface area is 135 Å². The molecule has 4 nitrogen and oxygen atoms in total. The first kappa shape index (κ1) is 15.5. The summed E-state index contributed by atoms with van der Waals surface area (Å²) >= 11 is 0. The quantitative estimate of drug-likeness (QED) is 0.944. The molecular formula is C18H20FN3O. The Morgan fingerprint density at radius 3 is 2.83 bits per heavy atom. The summed E-state index contributed by atoms with van der Waals surface area (Å²) < 4.78 is 13.6. The van der Waals surface area contributed by atoms with E-state index in [1.54, 1.807) is 24.5 Å². The van der Waals surface area contributed by atoms with Crippen LogP contribution in [-0.2, 0) is 0 Å². The molecule has 2 heterocycles. The Hall–Kier alpha value is -2.43. The number of amides is 1. The van der Waals surface area contributed by atoms with Crippen LogP contribution in [0.3, 0.4) is 0 Å². The zero-order valence-corrected chi connectivity index (χ0v) is 12.9. The van der Waals surface area contributed by atoms with Crippen molar-refractivity contribution in [2.45, 2.75) is 12.8 Å². The van der Waals surface area contributed by atoms with Crippen LogP contribution >= 0.6 is 0 Å². The molecule has 2 aromatic rings. The van der Waals surface area contributed by atoms with E-state index < -0.39 is 5.82 Å². The molecule has 1 fully saturated rings. The lowest BCUT2D eigenvalue weighted by Gasteiger charge is -2.34. The third-order valence-corrected chi connectivity index (χ3v) is 4.22. The number of pyridine rings is 1. The van der Waals surface area contributed by atoms with Crippen molar-refractivity contribution in [2.24, 2.45) is 5.92 Å². The molecule has 120 valence electrons. The first-order chi connectivity index (χ1) is 11.2. The fourth-order valence-electron chi connectivity index (χ4n) is 3.00. The van der Waals surface area contributed by atoms with E-state index in [4.69, 9.17) is 0 Å². The van der Waals surface area contributed by atoms with Crippen molar-refractivity contribution in [1.29, 1.82) is 0 Å². The Morgan fingerprint density at radius 1 is 1.26 bits per heavy atom. The van der Waals surface area contributed by atoms with Gasteiger partial charge in [0.25, 0.3) is 5.91 Å². The highest BCUT2D eigenvalue weighted by Crippen LogP contribution is 2.22. The van der Waals surface area contributed by atoms with Crippen molar-refractivity contribution in [3.05, 3.63) is 60.2 Å². The number of aromatic nitrogens is 1. The van der Waals surface area contributed by atoms with Crippen LogP contribution in [0, 0.1) is 11.7 Å². The molecule has 0 unspecified atom stereocenters. The highest BCUT2D eigenvalue weighted by Gasteiger charge is 2.21. The number of hydrogen-bond acceptors (Lipinski definition) is 3. The fourth-order valence-corrected chi connectivity index (χ4v) is 3.00. The number of carbonyl (C=O) groups is 1. The van der Waals surface area contributed by atoms with Crippen LogP contribution in [0.1, 0.15) is 23.2 Å². The van der Waals surface area contributed by atoms with Crippen LogP contribution in [0.5, 0.6) is 0 Å². The second kappa shape index (κ2) is 7.22. The molecule has 0 saturated carbocycles. The van der Waals surface area contributed by atoms with Crippen molar-refractivity contribution in [2.75, 3.05) is 24.5 Å². The molecule has 1 saturated heterocycles. The van der Waals surface area contributed by atoms with Gasteiger partial charge in [0.15, 0.2) is 0 Å². The van der Waals surface area contributed by atoms with Gasteiger partial charge in [0, 0.05) is 37.7 Å². The summed E-state index contributed by atoms with van der Waals surface area (Å²) in [5, 5.41) is 2.86. The topological polar surface area (TPSA) is 45.2 Å². The molecule has 0 aliphatic carbocycles. The maximum absolute atomic E-state index is 13.6. The fraction of sp³-hybridized carbons (Fsp3) is 0.333. The van der Waals surface area contributed by atoms with Crippen LogP contribution in [0.25, 0.3) is 0 Å². The van der Waals surface area contributed by atoms with Crippen LogP contribution in [0.15, 0.2) is 48.8 Å². The van der Waals surface area contributed by atoms with Crippen molar-refractivity contribution < 1.29 is 9.18 Å². The van der Waals surface area contributed by atoms with Gasteiger partial charge in [-0.2, -0.15) is 0 Å². The standard InChI is InChI=1S/C18H20FN3O/c19-17-6-2-1-5-16(17)18(23)21-12-14-4-3-11-22(13-14)15-7-9-20-10-8-15/h1-2,5-10,14H,3-4,11-13H2,(H,21,23)/t14-/m1/s1. The van der Waals surface area contributed by atoms with E-state index in [1.807, 2.05) is 12.1 Å². The van der Waals surface area contributed by atoms with Gasteiger partial charge in [-0.1, -0.05) is 12.1 Å². The average molecular weight is 313 g/mol. The SMILES string of the molecule is O=C(NC[C@H]1CCCN(c2ccncc2)C1)c1ccccc1F. The second-order valence-corrected chi connectivity index (χ2v) is 5.85. The minimum Gasteiger partial charge on any atom is -0.371 e. The largest absolute Gasteiger partial charge is 0.371 e. The zero-order chi connectivity index (χ0) is 16.1. The van der Waals surface area contributed by atoms with Gasteiger partial charge in [0.2, 0.25) is 0 Å². The first-order valence-corrected chi connectivity index (χ1v) is 7.92. The molecular weight excluding hydrogens is 293 g/mol. The molecule has 5 heteroatoms. The van der Waals surface area contributed by atoms with Crippen molar-refractivity contribution in [3.63, 3.8) is 0 Å². The molecule has 1 aromatic heterocycles. The average Bonchev–Trinajstić information content (AvgIpc) is 2.61. The normalized spacial score (nSPS) is 17.8. The summed E-state index contributed by atoms with van der Waals surface area (Å²) in [6.07, 6.45) is 5.74. The summed E-state index contributed by atoms with van der Waals surface area (Å²) in [6, 6.07) is 10.1. The van der Waals surface area contributed by atoms with Crippen LogP contribution in [0.2, 0.25) is 0 Å². The Bertz CT molecular complexity index is 662. The molecule has 1 N–H and O–H groups in total. The highest BCUT2D eigenvalue weighted by atomic mass is 19.1. The van der Waals surface area contributed by atoms with E-state index in [0.29, 0.717) is 12.5 Å². The van der Waals surface area contributed by atoms with Gasteiger partial charge in [-0.3, -0.25) is 9.78 Å². The van der Waals surface area contributed by atoms with Crippen molar-refractivity contribution in [3.8, 4) is 0 Å². The zero-order valence-electron chi connectivity index (χ0n) is 12.9. The summed E-state index contributed by atoms with van der Waals surface area (Å²) in [6.45, 7) is 2.47. The maximum atomic E-state index is 13.6. The highest BCUT2D eigenvalue weighted by molar-refractivity contribution is 5.94. The van der Waals surface area contributed by atoms with Gasteiger partial charge in [-0.05, 0) is 43.0 Å². The summed E-state index contributed by atoms with van der Waals surface area (Å²) in [7, 11) is 0. The van der Waals surface area contributed by atoms with Gasteiger partial charge in [0.05, 0.1) is 5.56 Å². The van der Waals surface area contributed by atoms with Gasteiger partial charge < -0.3 is 10.2 Å². The van der Waals surface area contributed by atoms with Gasteiger partial charge in [-0.15, -0.1) is 0 Å². The minimum atomic E-state index is -0.480. The van der Waals surface area contributed by atoms with Gasteiger partial charge >= 0.3 is 0 Å². The molecule has 3 rings (SSSR count). The number of anilines is 1. The molecule has 1 aromatic carbocycles. The first-order valence-electron chi connectivity index (χ1n) is 7.92. The Kier molecular flexibility index (Phi) is 4.86. The number of hydrogen-bond donors (Lipinski definition) is 1. The van der Waals surface area contributed by atoms with E-state index in [-0.39, 0.29) is 11.5 Å². The number of rotatable bonds is 4. The van der Waals surface area contributed by atoms with E-state index in [2.05, 4.69) is 15.2 Å². The number of nitrogens with one attached hydrogen (secondary N) is 1. The number of benzene rings is 1. The van der Waals surface area contributed by atoms with E-state index in [1.165, 1.54) is 12.1 Å². The van der Waals surface area contributed by atoms with Crippen LogP contribution in [0.4, 0.5) is 10.1 Å². The van der Waals surface area contributed by atoms with Crippen LogP contribution < -0.4 is 10.2 Å². The van der Waals surface area contributed by atoms with E-state index >= 15 is 0 Å². The lowest BCUT2D eigenvalue weighted by molar-refractivity contribution is 0.0941. The molecule has 0 bridgehead atoms. The minimum absolute atomic E-state index is 0.106. The molecule has 1 amide bonds. The summed E-state index contributed by atoms with van der Waals surface area (Å²) in [5.74, 6) is -0.455. The third kappa shape index (κ3) is 3.86. The van der Waals surface area contributed by atoms with Crippen molar-refractivity contribution >= 4 is 11.6 Å². The van der Waals surface area contributed by atoms with Gasteiger partial charge in [0.1, 0.15) is 5.82 Å². The third-order valence-electron chi connectivity index (χ3n) is 4.22. The van der Waals surface area contributed by atoms with E-state index in [9.17, 15) is 9.18 Å². The lowest BCUT2D eigenvalue weighted by atomic mass is 9.97. The summed E-state index contributed by atoms with van der Waals surface area (Å²) in [4.78, 5) is 18.4. The molecule has 0 radical (unpaired) electrons. The lowest BCUT2D eigenvalue weighted by Crippen LogP contribution is -2.41. The molecule has 1 atom stereocenters. The molecule has 1 aliphatic heterocycles. The smallest absolute Gasteiger partial charge is 0.254 e. The van der Waals surface area contributed by atoms with Crippen molar-refractivity contribution in [1.82, 2.24) is 10.3 Å². The number of nitrogens with zero attached hydrogens (tertiary/aromatic N) is 2. The molecule has 0 spiro atoms. The second-order valence-electron chi connectivity index (χ2n) is 5.85. The number of piperidine rings is 1. The summed E-state index contributed by atoms with van der Waals surface area (Å²) in [5.41, 5.74) is 1.26. The Morgan fingerprint density at radius 2 is 2.04 bits per heavy atom. The number of carbonyl (C=O) groups excluding carboxylic acids is 1. The van der Waals surface area contributed by atoms with Gasteiger partial charge in [-0.25, -0.2) is 4.39 Å². The molecule has 1 aliphatic rings. The predicted octanol–water partition coefficient (Wildman–Crippen LogP) is 2.87. The van der Waals surface area contributed by atoms with Crippen LogP contribution in [-0.4, -0.2) is 30.5 Å². The molecule has 23 heavy (non-hydrogen) atoms. The Balaban J connectivity index is 1.56. The monoisotopic (exact) mass is 313 g/mol. The maximum Gasteiger partial charge on any atom is 0.254 e. The number of halogens is 1.